The molecule has 7 nitrogen and oxygen atoms in total. The van der Waals surface area contributed by atoms with Crippen molar-refractivity contribution < 1.29 is 19.1 Å². The molecular formula is C20H25N3O4. The summed E-state index contributed by atoms with van der Waals surface area (Å²) in [4.78, 5) is 32.9. The van der Waals surface area contributed by atoms with E-state index < -0.39 is 23.4 Å². The highest BCUT2D eigenvalue weighted by molar-refractivity contribution is 5.90. The molecule has 0 radical (unpaired) electrons. The van der Waals surface area contributed by atoms with Crippen molar-refractivity contribution in [2.24, 2.45) is 0 Å². The molecule has 0 spiro atoms. The summed E-state index contributed by atoms with van der Waals surface area (Å²) in [7, 11) is 2.65. The lowest BCUT2D eigenvalue weighted by Gasteiger charge is -2.22. The van der Waals surface area contributed by atoms with Gasteiger partial charge in [0.2, 0.25) is 5.95 Å². The summed E-state index contributed by atoms with van der Waals surface area (Å²) in [6, 6.07) is 8.92. The highest BCUT2D eigenvalue weighted by Gasteiger charge is 2.27. The van der Waals surface area contributed by atoms with Gasteiger partial charge in [-0.1, -0.05) is 51.1 Å². The normalized spacial score (nSPS) is 12.2. The summed E-state index contributed by atoms with van der Waals surface area (Å²) in [5, 5.41) is 3.03. The molecule has 0 saturated heterocycles. The Morgan fingerprint density at radius 3 is 2.33 bits per heavy atom. The first kappa shape index (κ1) is 20.4. The summed E-state index contributed by atoms with van der Waals surface area (Å²) in [5.74, 6) is -0.670. The maximum absolute atomic E-state index is 12.2. The number of nitrogens with one attached hydrogen (secondary N) is 1. The van der Waals surface area contributed by atoms with Gasteiger partial charge in [0.25, 0.3) is 0 Å². The lowest BCUT2D eigenvalue weighted by Crippen LogP contribution is -2.34. The Hall–Kier alpha value is -2.96. The third-order valence-corrected chi connectivity index (χ3v) is 3.98. The van der Waals surface area contributed by atoms with E-state index in [2.05, 4.69) is 15.3 Å². The van der Waals surface area contributed by atoms with Gasteiger partial charge in [-0.25, -0.2) is 19.6 Å². The molecule has 0 amide bonds. The molecule has 27 heavy (non-hydrogen) atoms. The van der Waals surface area contributed by atoms with E-state index in [-0.39, 0.29) is 5.95 Å². The van der Waals surface area contributed by atoms with E-state index in [9.17, 15) is 9.59 Å². The summed E-state index contributed by atoms with van der Waals surface area (Å²) >= 11 is 0. The molecule has 0 fully saturated rings. The molecule has 0 saturated carbocycles. The van der Waals surface area contributed by atoms with Crippen LogP contribution in [0, 0.1) is 0 Å². The van der Waals surface area contributed by atoms with Crippen LogP contribution in [0.5, 0.6) is 0 Å². The molecule has 2 rings (SSSR count). The molecule has 144 valence electrons. The number of methoxy groups -OCH3 is 2. The number of aromatic nitrogens is 2. The highest BCUT2D eigenvalue weighted by Crippen LogP contribution is 2.25. The third-order valence-electron chi connectivity index (χ3n) is 3.98. The molecule has 0 aliphatic carbocycles. The van der Waals surface area contributed by atoms with Crippen molar-refractivity contribution in [1.82, 2.24) is 9.97 Å². The molecule has 0 bridgehead atoms. The molecular weight excluding hydrogens is 346 g/mol. The van der Waals surface area contributed by atoms with Gasteiger partial charge in [0.1, 0.15) is 11.6 Å². The monoisotopic (exact) mass is 371 g/mol. The van der Waals surface area contributed by atoms with E-state index in [4.69, 9.17) is 9.47 Å². The predicted molar refractivity (Wildman–Crippen MR) is 102 cm³/mol. The van der Waals surface area contributed by atoms with Crippen molar-refractivity contribution in [3.63, 3.8) is 0 Å². The molecule has 1 aromatic heterocycles. The molecule has 1 N–H and O–H groups in total. The van der Waals surface area contributed by atoms with E-state index in [1.807, 2.05) is 51.1 Å². The van der Waals surface area contributed by atoms with Gasteiger partial charge in [0.15, 0.2) is 0 Å². The Morgan fingerprint density at radius 2 is 1.78 bits per heavy atom. The van der Waals surface area contributed by atoms with Crippen LogP contribution in [0.1, 0.15) is 42.4 Å². The zero-order chi connectivity index (χ0) is 20.0. The number of anilines is 1. The second kappa shape index (κ2) is 8.62. The van der Waals surface area contributed by atoms with Gasteiger partial charge in [-0.3, -0.25) is 0 Å². The predicted octanol–water partition coefficient (Wildman–Crippen LogP) is 2.76. The Labute approximate surface area is 159 Å². The number of carbonyl (C=O) groups excluding carboxylic acids is 2. The second-order valence-electron chi connectivity index (χ2n) is 7.11. The van der Waals surface area contributed by atoms with Gasteiger partial charge >= 0.3 is 11.9 Å². The summed E-state index contributed by atoms with van der Waals surface area (Å²) in [6.07, 6.45) is 1.83. The number of hydrogen-bond acceptors (Lipinski definition) is 7. The van der Waals surface area contributed by atoms with E-state index in [0.29, 0.717) is 17.7 Å². The first-order chi connectivity index (χ1) is 12.8. The van der Waals surface area contributed by atoms with Crippen LogP contribution in [0.4, 0.5) is 5.95 Å². The fourth-order valence-corrected chi connectivity index (χ4v) is 2.62. The lowest BCUT2D eigenvalue weighted by molar-refractivity contribution is -0.141. The maximum atomic E-state index is 12.2. The molecule has 7 heteroatoms. The van der Waals surface area contributed by atoms with Crippen LogP contribution in [0.3, 0.4) is 0 Å². The van der Waals surface area contributed by atoms with Crippen molar-refractivity contribution >= 4 is 17.9 Å². The Balaban J connectivity index is 2.34. The van der Waals surface area contributed by atoms with Crippen LogP contribution < -0.4 is 5.32 Å². The van der Waals surface area contributed by atoms with Gasteiger partial charge in [-0.05, 0) is 5.56 Å². The number of esters is 2. The zero-order valence-electron chi connectivity index (χ0n) is 16.3. The molecule has 1 aromatic carbocycles. The minimum absolute atomic E-state index is 0.249. The highest BCUT2D eigenvalue weighted by atomic mass is 16.5. The van der Waals surface area contributed by atoms with E-state index in [1.165, 1.54) is 20.4 Å². The fourth-order valence-electron chi connectivity index (χ4n) is 2.62. The number of ether oxygens (including phenoxy) is 2. The minimum atomic E-state index is -0.658. The largest absolute Gasteiger partial charge is 0.467 e. The smallest absolute Gasteiger partial charge is 0.341 e. The number of nitrogens with zero attached hydrogens (tertiary/aromatic N) is 2. The van der Waals surface area contributed by atoms with Gasteiger partial charge in [-0.15, -0.1) is 0 Å². The summed E-state index contributed by atoms with van der Waals surface area (Å²) in [5.41, 5.74) is 1.40. The molecule has 1 atom stereocenters. The van der Waals surface area contributed by atoms with Gasteiger partial charge in [0, 0.05) is 18.0 Å². The van der Waals surface area contributed by atoms with Crippen molar-refractivity contribution in [3.05, 3.63) is 53.3 Å². The number of carbonyl (C=O) groups is 2. The van der Waals surface area contributed by atoms with E-state index in [0.717, 1.165) is 5.56 Å². The fraction of sp³-hybridized carbons (Fsp3) is 0.400. The number of benzene rings is 1. The SMILES string of the molecule is COC(=O)c1cnc(N[C@@H](Cc2ccccc2)C(=O)OC)nc1C(C)(C)C. The molecule has 1 heterocycles. The average molecular weight is 371 g/mol. The van der Waals surface area contributed by atoms with Crippen LogP contribution in [-0.4, -0.2) is 42.2 Å². The van der Waals surface area contributed by atoms with Crippen molar-refractivity contribution in [2.45, 2.75) is 38.6 Å². The average Bonchev–Trinajstić information content (AvgIpc) is 2.66. The Kier molecular flexibility index (Phi) is 6.50. The van der Waals surface area contributed by atoms with Crippen LogP contribution in [-0.2, 0) is 26.1 Å². The van der Waals surface area contributed by atoms with Crippen LogP contribution in [0.2, 0.25) is 0 Å². The molecule has 0 aliphatic rings. The summed E-state index contributed by atoms with van der Waals surface area (Å²) < 4.78 is 9.72. The van der Waals surface area contributed by atoms with Gasteiger partial charge in [0.05, 0.1) is 19.9 Å². The Morgan fingerprint density at radius 1 is 1.11 bits per heavy atom. The number of rotatable bonds is 6. The van der Waals surface area contributed by atoms with Crippen molar-refractivity contribution in [3.8, 4) is 0 Å². The minimum Gasteiger partial charge on any atom is -0.467 e. The molecule has 0 aliphatic heterocycles. The van der Waals surface area contributed by atoms with Crippen LogP contribution >= 0.6 is 0 Å². The quantitative estimate of drug-likeness (QED) is 0.781. The third kappa shape index (κ3) is 5.26. The Bertz CT molecular complexity index is 801. The lowest BCUT2D eigenvalue weighted by atomic mass is 9.89. The van der Waals surface area contributed by atoms with E-state index in [1.54, 1.807) is 0 Å². The van der Waals surface area contributed by atoms with Gasteiger partial charge in [-0.2, -0.15) is 0 Å². The standard InChI is InChI=1S/C20H25N3O4/c1-20(2,3)16-14(17(24)26-4)12-21-19(23-16)22-15(18(25)27-5)11-13-9-7-6-8-10-13/h6-10,12,15H,11H2,1-5H3,(H,21,22,23)/t15-/m0/s1. The zero-order valence-corrected chi connectivity index (χ0v) is 16.3. The van der Waals surface area contributed by atoms with E-state index >= 15 is 0 Å². The van der Waals surface area contributed by atoms with Crippen LogP contribution in [0.25, 0.3) is 0 Å². The summed E-state index contributed by atoms with van der Waals surface area (Å²) in [6.45, 7) is 5.81. The topological polar surface area (TPSA) is 90.4 Å². The maximum Gasteiger partial charge on any atom is 0.341 e. The van der Waals surface area contributed by atoms with Gasteiger partial charge < -0.3 is 14.8 Å². The second-order valence-corrected chi connectivity index (χ2v) is 7.11. The molecule has 0 unspecified atom stereocenters. The first-order valence-corrected chi connectivity index (χ1v) is 8.60. The molecule has 2 aromatic rings. The first-order valence-electron chi connectivity index (χ1n) is 8.60. The van der Waals surface area contributed by atoms with Crippen molar-refractivity contribution in [1.29, 1.82) is 0 Å². The number of hydrogen-bond donors (Lipinski definition) is 1. The van der Waals surface area contributed by atoms with Crippen molar-refractivity contribution in [2.75, 3.05) is 19.5 Å². The van der Waals surface area contributed by atoms with Crippen LogP contribution in [0.15, 0.2) is 36.5 Å².